The van der Waals surface area contributed by atoms with E-state index < -0.39 is 8.32 Å². The van der Waals surface area contributed by atoms with Crippen LogP contribution in [0.25, 0.3) is 0 Å². The van der Waals surface area contributed by atoms with Crippen LogP contribution in [0.4, 0.5) is 0 Å². The highest BCUT2D eigenvalue weighted by molar-refractivity contribution is 6.74. The van der Waals surface area contributed by atoms with Gasteiger partial charge in [0.05, 0.1) is 24.3 Å². The van der Waals surface area contributed by atoms with Gasteiger partial charge in [-0.25, -0.2) is 4.79 Å². The summed E-state index contributed by atoms with van der Waals surface area (Å²) in [6, 6.07) is 9.04. The Hall–Kier alpha value is -1.43. The number of rotatable bonds is 5. The van der Waals surface area contributed by atoms with Gasteiger partial charge >= 0.3 is 5.97 Å². The fourth-order valence-electron chi connectivity index (χ4n) is 2.53. The monoisotopic (exact) mass is 347 g/mol. The highest BCUT2D eigenvalue weighted by atomic mass is 28.4. The van der Waals surface area contributed by atoms with Gasteiger partial charge in [0.15, 0.2) is 8.32 Å². The molecule has 132 valence electrons. The topological polar surface area (TPSA) is 38.8 Å². The summed E-state index contributed by atoms with van der Waals surface area (Å²) in [6.07, 6.45) is 2.70. The molecule has 4 nitrogen and oxygen atoms in total. The van der Waals surface area contributed by atoms with E-state index in [1.807, 2.05) is 24.3 Å². The molecule has 0 aromatic heterocycles. The van der Waals surface area contributed by atoms with Crippen molar-refractivity contribution in [1.82, 2.24) is 5.06 Å². The molecule has 2 atom stereocenters. The molecular formula is C19H29NO3Si. The highest BCUT2D eigenvalue weighted by Crippen LogP contribution is 2.39. The highest BCUT2D eigenvalue weighted by Gasteiger charge is 2.43. The molecule has 1 heterocycles. The van der Waals surface area contributed by atoms with E-state index in [9.17, 15) is 4.79 Å². The van der Waals surface area contributed by atoms with E-state index in [-0.39, 0.29) is 23.2 Å². The zero-order chi connectivity index (χ0) is 18.0. The van der Waals surface area contributed by atoms with Gasteiger partial charge in [0.2, 0.25) is 0 Å². The molecule has 0 aliphatic carbocycles. The second-order valence-corrected chi connectivity index (χ2v) is 12.6. The molecule has 0 saturated carbocycles. The van der Waals surface area contributed by atoms with Crippen molar-refractivity contribution in [2.24, 2.45) is 0 Å². The normalized spacial score (nSPS) is 22.4. The lowest BCUT2D eigenvalue weighted by atomic mass is 10.2. The number of carbonyl (C=O) groups excluding carboxylic acids is 1. The summed E-state index contributed by atoms with van der Waals surface area (Å²) in [5.41, 5.74) is 0.550. The van der Waals surface area contributed by atoms with Crippen molar-refractivity contribution in [3.05, 3.63) is 48.6 Å². The molecule has 1 fully saturated rings. The van der Waals surface area contributed by atoms with Gasteiger partial charge in [-0.15, -0.1) is 11.6 Å². The predicted octanol–water partition coefficient (Wildman–Crippen LogP) is 4.41. The number of nitrogens with zero attached hydrogens (tertiary/aromatic N) is 1. The maximum absolute atomic E-state index is 12.3. The molecule has 0 unspecified atom stereocenters. The molecule has 0 N–H and O–H groups in total. The van der Waals surface area contributed by atoms with E-state index in [1.165, 1.54) is 0 Å². The zero-order valence-electron chi connectivity index (χ0n) is 15.4. The Morgan fingerprint density at radius 2 is 1.92 bits per heavy atom. The maximum atomic E-state index is 12.3. The van der Waals surface area contributed by atoms with Crippen LogP contribution in [0.15, 0.2) is 43.0 Å². The van der Waals surface area contributed by atoms with Gasteiger partial charge in [-0.05, 0) is 36.7 Å². The molecule has 0 radical (unpaired) electrons. The van der Waals surface area contributed by atoms with Crippen LogP contribution in [0, 0.1) is 0 Å². The van der Waals surface area contributed by atoms with Crippen molar-refractivity contribution in [3.63, 3.8) is 0 Å². The summed E-state index contributed by atoms with van der Waals surface area (Å²) in [5.74, 6) is -0.338. The Bertz CT molecular complexity index is 580. The van der Waals surface area contributed by atoms with Crippen LogP contribution in [0.2, 0.25) is 18.1 Å². The summed E-state index contributed by atoms with van der Waals surface area (Å²) >= 11 is 0. The molecular weight excluding hydrogens is 318 g/mol. The summed E-state index contributed by atoms with van der Waals surface area (Å²) < 4.78 is 6.47. The van der Waals surface area contributed by atoms with Crippen molar-refractivity contribution >= 4 is 14.3 Å². The van der Waals surface area contributed by atoms with Crippen molar-refractivity contribution in [1.29, 1.82) is 0 Å². The van der Waals surface area contributed by atoms with Crippen LogP contribution in [0.1, 0.15) is 37.6 Å². The van der Waals surface area contributed by atoms with Crippen LogP contribution in [-0.2, 0) is 9.26 Å². The van der Waals surface area contributed by atoms with Crippen molar-refractivity contribution < 1.29 is 14.1 Å². The fraction of sp³-hybridized carbons (Fsp3) is 0.526. The number of benzene rings is 1. The van der Waals surface area contributed by atoms with Crippen LogP contribution in [0.3, 0.4) is 0 Å². The Morgan fingerprint density at radius 1 is 1.29 bits per heavy atom. The van der Waals surface area contributed by atoms with Crippen molar-refractivity contribution in [3.8, 4) is 0 Å². The molecule has 2 rings (SSSR count). The van der Waals surface area contributed by atoms with E-state index in [4.69, 9.17) is 9.26 Å². The molecule has 0 spiro atoms. The van der Waals surface area contributed by atoms with Crippen LogP contribution in [-0.4, -0.2) is 38.0 Å². The first-order valence-corrected chi connectivity index (χ1v) is 11.4. The first-order chi connectivity index (χ1) is 11.1. The smallest absolute Gasteiger partial charge is 0.357 e. The van der Waals surface area contributed by atoms with E-state index in [0.717, 1.165) is 6.42 Å². The van der Waals surface area contributed by atoms with Crippen LogP contribution >= 0.6 is 0 Å². The van der Waals surface area contributed by atoms with E-state index in [1.54, 1.807) is 17.2 Å². The van der Waals surface area contributed by atoms with Gasteiger partial charge in [-0.3, -0.25) is 0 Å². The minimum absolute atomic E-state index is 0.00701. The number of hydrogen-bond donors (Lipinski definition) is 0. The van der Waals surface area contributed by atoms with E-state index in [2.05, 4.69) is 40.4 Å². The molecule has 1 aliphatic heterocycles. The first kappa shape index (κ1) is 18.9. The fourth-order valence-corrected chi connectivity index (χ4v) is 3.89. The van der Waals surface area contributed by atoms with E-state index >= 15 is 0 Å². The Kier molecular flexibility index (Phi) is 5.68. The third-order valence-corrected chi connectivity index (χ3v) is 9.54. The molecule has 5 heteroatoms. The zero-order valence-corrected chi connectivity index (χ0v) is 16.4. The Balaban J connectivity index is 2.02. The SMILES string of the molecule is C=C[C@H]1C[C@@H](O[Si](C)(C)C(C)(C)C)CN1OC(=O)c1ccccc1. The number of hydrogen-bond acceptors (Lipinski definition) is 4. The lowest BCUT2D eigenvalue weighted by molar-refractivity contribution is -0.112. The summed E-state index contributed by atoms with van der Waals surface area (Å²) in [5, 5.41) is 1.87. The lowest BCUT2D eigenvalue weighted by Gasteiger charge is -2.38. The summed E-state index contributed by atoms with van der Waals surface area (Å²) in [4.78, 5) is 17.9. The van der Waals surface area contributed by atoms with Gasteiger partial charge in [-0.1, -0.05) is 45.0 Å². The standard InChI is InChI=1S/C19H29NO3Si/c1-7-16-13-17(23-24(5,6)19(2,3)4)14-20(16)22-18(21)15-11-9-8-10-12-15/h7-12,16-17H,1,13-14H2,2-6H3/t16-,17+/m0/s1. The second-order valence-electron chi connectivity index (χ2n) is 7.88. The van der Waals surface area contributed by atoms with Gasteiger partial charge in [0, 0.05) is 0 Å². The van der Waals surface area contributed by atoms with Gasteiger partial charge < -0.3 is 9.26 Å². The maximum Gasteiger partial charge on any atom is 0.357 e. The summed E-state index contributed by atoms with van der Waals surface area (Å²) in [6.45, 7) is 15.6. The van der Waals surface area contributed by atoms with Gasteiger partial charge in [0.25, 0.3) is 0 Å². The Morgan fingerprint density at radius 3 is 2.46 bits per heavy atom. The van der Waals surface area contributed by atoms with Crippen molar-refractivity contribution in [2.75, 3.05) is 6.54 Å². The molecule has 0 bridgehead atoms. The van der Waals surface area contributed by atoms with Crippen LogP contribution < -0.4 is 0 Å². The largest absolute Gasteiger partial charge is 0.412 e. The third-order valence-electron chi connectivity index (χ3n) is 5.01. The Labute approximate surface area is 146 Å². The molecule has 0 amide bonds. The molecule has 24 heavy (non-hydrogen) atoms. The quantitative estimate of drug-likeness (QED) is 0.584. The minimum Gasteiger partial charge on any atom is -0.412 e. The summed E-state index contributed by atoms with van der Waals surface area (Å²) in [7, 11) is -1.85. The average molecular weight is 348 g/mol. The first-order valence-electron chi connectivity index (χ1n) is 8.48. The van der Waals surface area contributed by atoms with Crippen molar-refractivity contribution in [2.45, 2.75) is 57.5 Å². The lowest BCUT2D eigenvalue weighted by Crippen LogP contribution is -2.44. The molecule has 1 aliphatic rings. The third kappa shape index (κ3) is 4.35. The van der Waals surface area contributed by atoms with Crippen LogP contribution in [0.5, 0.6) is 0 Å². The second kappa shape index (κ2) is 7.21. The molecule has 1 aromatic rings. The number of hydroxylamine groups is 2. The van der Waals surface area contributed by atoms with Gasteiger partial charge in [-0.2, -0.15) is 0 Å². The van der Waals surface area contributed by atoms with Gasteiger partial charge in [0.1, 0.15) is 0 Å². The van der Waals surface area contributed by atoms with E-state index in [0.29, 0.717) is 12.1 Å². The molecule has 1 aromatic carbocycles. The average Bonchev–Trinajstić information content (AvgIpc) is 2.87. The number of carbonyl (C=O) groups is 1. The molecule has 1 saturated heterocycles. The predicted molar refractivity (Wildman–Crippen MR) is 99.2 cm³/mol. The minimum atomic E-state index is -1.85.